The number of carbonyl (C=O) groups is 2. The number of alkyl halides is 3. The quantitative estimate of drug-likeness (QED) is 0.230. The van der Waals surface area contributed by atoms with Crippen molar-refractivity contribution in [2.75, 3.05) is 42.3 Å². The van der Waals surface area contributed by atoms with Crippen molar-refractivity contribution in [3.05, 3.63) is 84.4 Å². The average Bonchev–Trinajstić information content (AvgIpc) is 2.94. The highest BCUT2D eigenvalue weighted by Gasteiger charge is 2.41. The normalized spacial score (nSPS) is 12.8. The summed E-state index contributed by atoms with van der Waals surface area (Å²) in [6.07, 6.45) is -5.27. The van der Waals surface area contributed by atoms with Crippen LogP contribution in [0.3, 0.4) is 0 Å². The van der Waals surface area contributed by atoms with Crippen molar-refractivity contribution >= 4 is 29.0 Å². The van der Waals surface area contributed by atoms with E-state index in [1.807, 2.05) is 18.2 Å². The van der Waals surface area contributed by atoms with E-state index in [2.05, 4.69) is 16.0 Å². The van der Waals surface area contributed by atoms with Crippen molar-refractivity contribution in [2.24, 2.45) is 0 Å². The fourth-order valence-corrected chi connectivity index (χ4v) is 3.65. The molecule has 214 valence electrons. The van der Waals surface area contributed by atoms with Crippen LogP contribution in [-0.2, 0) is 11.2 Å². The number of aliphatic hydroxyl groups is 2. The second-order valence-corrected chi connectivity index (χ2v) is 8.95. The van der Waals surface area contributed by atoms with Crippen LogP contribution in [0.15, 0.2) is 78.9 Å². The molecule has 5 N–H and O–H groups in total. The topological polar surface area (TPSA) is 123 Å². The second-order valence-electron chi connectivity index (χ2n) is 8.95. The molecule has 0 saturated heterocycles. The maximum atomic E-state index is 12.6. The molecule has 0 saturated carbocycles. The van der Waals surface area contributed by atoms with Crippen molar-refractivity contribution in [2.45, 2.75) is 24.7 Å². The third kappa shape index (κ3) is 9.56. The number of nitrogens with zero attached hydrogens (tertiary/aromatic N) is 1. The maximum absolute atomic E-state index is 12.6. The molecule has 3 amide bonds. The minimum Gasteiger partial charge on any atom is -0.491 e. The van der Waals surface area contributed by atoms with Crippen molar-refractivity contribution < 1.29 is 37.7 Å². The number of para-hydroxylation sites is 1. The summed E-state index contributed by atoms with van der Waals surface area (Å²) in [5, 5.41) is 28.2. The lowest BCUT2D eigenvalue weighted by molar-refractivity contribution is -0.170. The van der Waals surface area contributed by atoms with Crippen LogP contribution in [0, 0.1) is 0 Å². The summed E-state index contributed by atoms with van der Waals surface area (Å²) in [6.45, 7) is 0.192. The van der Waals surface area contributed by atoms with Crippen LogP contribution < -0.4 is 25.6 Å². The molecule has 9 nitrogen and oxygen atoms in total. The van der Waals surface area contributed by atoms with Crippen molar-refractivity contribution in [1.82, 2.24) is 5.32 Å². The molecule has 0 aliphatic heterocycles. The van der Waals surface area contributed by atoms with Gasteiger partial charge in [-0.1, -0.05) is 30.3 Å². The maximum Gasteiger partial charge on any atom is 0.471 e. The summed E-state index contributed by atoms with van der Waals surface area (Å²) in [7, 11) is 1.01. The summed E-state index contributed by atoms with van der Waals surface area (Å²) in [6, 6.07) is 20.6. The summed E-state index contributed by atoms with van der Waals surface area (Å²) < 4.78 is 43.3. The van der Waals surface area contributed by atoms with Crippen molar-refractivity contribution in [3.63, 3.8) is 0 Å². The van der Waals surface area contributed by atoms with E-state index in [1.54, 1.807) is 36.4 Å². The Hall–Kier alpha value is -4.13. The van der Waals surface area contributed by atoms with Gasteiger partial charge in [0.2, 0.25) is 0 Å². The van der Waals surface area contributed by atoms with E-state index in [0.29, 0.717) is 28.4 Å². The Bertz CT molecular complexity index is 1230. The van der Waals surface area contributed by atoms with Gasteiger partial charge < -0.3 is 35.8 Å². The number of halogens is 3. The van der Waals surface area contributed by atoms with E-state index >= 15 is 0 Å². The molecule has 0 bridgehead atoms. The minimum atomic E-state index is -4.99. The molecule has 40 heavy (non-hydrogen) atoms. The molecule has 3 aromatic rings. The van der Waals surface area contributed by atoms with Gasteiger partial charge in [-0.15, -0.1) is 0 Å². The summed E-state index contributed by atoms with van der Waals surface area (Å²) >= 11 is 0. The molecule has 3 aromatic carbocycles. The van der Waals surface area contributed by atoms with E-state index in [9.17, 15) is 33.0 Å². The van der Waals surface area contributed by atoms with Gasteiger partial charge in [0.15, 0.2) is 0 Å². The van der Waals surface area contributed by atoms with Crippen LogP contribution in [0.25, 0.3) is 0 Å². The number of aliphatic hydroxyl groups excluding tert-OH is 2. The van der Waals surface area contributed by atoms with Crippen LogP contribution in [-0.4, -0.2) is 67.3 Å². The number of carbonyl (C=O) groups excluding carboxylic acids is 2. The number of nitrogens with one attached hydrogen (secondary N) is 3. The molecular formula is C28H31F3N4O5. The Morgan fingerprint density at radius 3 is 2.05 bits per heavy atom. The van der Waals surface area contributed by atoms with E-state index in [1.165, 1.54) is 24.3 Å². The van der Waals surface area contributed by atoms with Crippen molar-refractivity contribution in [3.8, 4) is 5.75 Å². The molecule has 12 heteroatoms. The number of hydrogen-bond donors (Lipinski definition) is 5. The van der Waals surface area contributed by atoms with Gasteiger partial charge >= 0.3 is 18.1 Å². The molecule has 0 aliphatic rings. The summed E-state index contributed by atoms with van der Waals surface area (Å²) in [4.78, 5) is 24.2. The van der Waals surface area contributed by atoms with Gasteiger partial charge in [-0.3, -0.25) is 4.79 Å². The minimum absolute atomic E-state index is 0.0228. The first-order valence-electron chi connectivity index (χ1n) is 12.4. The number of anilines is 3. The molecule has 2 atom stereocenters. The zero-order valence-corrected chi connectivity index (χ0v) is 21.7. The van der Waals surface area contributed by atoms with Gasteiger partial charge in [0, 0.05) is 36.7 Å². The van der Waals surface area contributed by atoms with Crippen molar-refractivity contribution in [1.29, 1.82) is 0 Å². The van der Waals surface area contributed by atoms with E-state index in [0.717, 1.165) is 12.6 Å². The zero-order valence-electron chi connectivity index (χ0n) is 21.7. The monoisotopic (exact) mass is 560 g/mol. The number of rotatable bonds is 12. The highest BCUT2D eigenvalue weighted by Crippen LogP contribution is 2.24. The first-order valence-corrected chi connectivity index (χ1v) is 12.4. The van der Waals surface area contributed by atoms with Crippen LogP contribution in [0.4, 0.5) is 35.0 Å². The highest BCUT2D eigenvalue weighted by molar-refractivity contribution is 6.00. The van der Waals surface area contributed by atoms with E-state index < -0.39 is 24.2 Å². The largest absolute Gasteiger partial charge is 0.491 e. The molecule has 0 aliphatic carbocycles. The molecule has 0 heterocycles. The number of amides is 3. The predicted molar refractivity (Wildman–Crippen MR) is 146 cm³/mol. The van der Waals surface area contributed by atoms with Crippen LogP contribution in [0.1, 0.15) is 5.56 Å². The Morgan fingerprint density at radius 1 is 0.925 bits per heavy atom. The second kappa shape index (κ2) is 14.3. The molecule has 0 aromatic heterocycles. The average molecular weight is 561 g/mol. The summed E-state index contributed by atoms with van der Waals surface area (Å²) in [5.74, 6) is -1.34. The first-order chi connectivity index (χ1) is 19.0. The zero-order chi connectivity index (χ0) is 29.1. The Balaban J connectivity index is 1.43. The number of hydrogen-bond acceptors (Lipinski definition) is 6. The smallest absolute Gasteiger partial charge is 0.471 e. The van der Waals surface area contributed by atoms with Gasteiger partial charge in [0.25, 0.3) is 0 Å². The molecule has 0 fully saturated rings. The molecule has 0 spiro atoms. The predicted octanol–water partition coefficient (Wildman–Crippen LogP) is 3.79. The molecule has 3 rings (SSSR count). The number of urea groups is 1. The third-order valence-corrected chi connectivity index (χ3v) is 5.80. The fourth-order valence-electron chi connectivity index (χ4n) is 3.65. The van der Waals surface area contributed by atoms with Gasteiger partial charge in [-0.2, -0.15) is 13.2 Å². The molecular weight excluding hydrogens is 529 g/mol. The highest BCUT2D eigenvalue weighted by atomic mass is 19.4. The van der Waals surface area contributed by atoms with E-state index in [4.69, 9.17) is 4.74 Å². The SMILES string of the molecule is CN(C(=O)C(F)(F)F)c1ccc(NC(=O)Nc2ccc(C[C@@H](CO)NC[C@H](O)COc3ccccc3)cc2)cc1. The Morgan fingerprint density at radius 2 is 1.50 bits per heavy atom. The number of ether oxygens (including phenoxy) is 1. The van der Waals surface area contributed by atoms with Crippen LogP contribution >= 0.6 is 0 Å². The molecule has 0 radical (unpaired) electrons. The fraction of sp³-hybridized carbons (Fsp3) is 0.286. The van der Waals surface area contributed by atoms with Gasteiger partial charge in [0.05, 0.1) is 6.61 Å². The Labute approximate surface area is 229 Å². The lowest BCUT2D eigenvalue weighted by Crippen LogP contribution is -2.41. The lowest BCUT2D eigenvalue weighted by atomic mass is 10.1. The first kappa shape index (κ1) is 30.4. The third-order valence-electron chi connectivity index (χ3n) is 5.80. The van der Waals surface area contributed by atoms with Crippen LogP contribution in [0.2, 0.25) is 0 Å². The van der Waals surface area contributed by atoms with E-state index in [-0.39, 0.29) is 31.5 Å². The van der Waals surface area contributed by atoms with Gasteiger partial charge in [-0.25, -0.2) is 4.79 Å². The standard InChI is InChI=1S/C28H31F3N4O5/c1-35(26(38)28(29,30)31)23-13-11-21(12-14-23)34-27(39)33-20-9-7-19(8-10-20)15-22(17-36)32-16-24(37)18-40-25-5-3-2-4-6-25/h2-14,22,24,32,36-37H,15-18H2,1H3,(H2,33,34,39)/t22-,24-/m0/s1. The van der Waals surface area contributed by atoms with Gasteiger partial charge in [-0.05, 0) is 60.5 Å². The number of benzene rings is 3. The van der Waals surface area contributed by atoms with Gasteiger partial charge in [0.1, 0.15) is 18.5 Å². The lowest BCUT2D eigenvalue weighted by Gasteiger charge is -2.19. The molecule has 0 unspecified atom stereocenters. The Kier molecular flexibility index (Phi) is 10.9. The summed E-state index contributed by atoms with van der Waals surface area (Å²) in [5.41, 5.74) is 1.73. The van der Waals surface area contributed by atoms with Crippen LogP contribution in [0.5, 0.6) is 5.75 Å².